The Morgan fingerprint density at radius 1 is 1.65 bits per heavy atom. The average molecular weight is 248 g/mol. The van der Waals surface area contributed by atoms with Gasteiger partial charge in [0.1, 0.15) is 0 Å². The van der Waals surface area contributed by atoms with Crippen molar-refractivity contribution in [2.45, 2.75) is 26.3 Å². The quantitative estimate of drug-likeness (QED) is 0.781. The van der Waals surface area contributed by atoms with Crippen molar-refractivity contribution in [2.24, 2.45) is 11.1 Å². The van der Waals surface area contributed by atoms with Gasteiger partial charge in [-0.2, -0.15) is 0 Å². The zero-order valence-electron chi connectivity index (χ0n) is 10.0. The molecule has 0 bridgehead atoms. The Morgan fingerprint density at radius 3 is 2.94 bits per heavy atom. The third-order valence-electron chi connectivity index (χ3n) is 2.96. The van der Waals surface area contributed by atoms with Gasteiger partial charge in [-0.3, -0.25) is 4.79 Å². The van der Waals surface area contributed by atoms with E-state index in [9.17, 15) is 4.79 Å². The molecule has 1 aromatic heterocycles. The topological polar surface area (TPSA) is 55.1 Å². The minimum atomic E-state index is 0.00590. The van der Waals surface area contributed by atoms with E-state index < -0.39 is 0 Å². The van der Waals surface area contributed by atoms with Crippen LogP contribution in [0.5, 0.6) is 0 Å². The highest BCUT2D eigenvalue weighted by atomic mass is 32.1. The van der Waals surface area contributed by atoms with Crippen molar-refractivity contribution in [3.8, 4) is 11.8 Å². The van der Waals surface area contributed by atoms with E-state index in [-0.39, 0.29) is 11.3 Å². The van der Waals surface area contributed by atoms with Gasteiger partial charge < -0.3 is 11.1 Å². The summed E-state index contributed by atoms with van der Waals surface area (Å²) >= 11 is 1.41. The van der Waals surface area contributed by atoms with E-state index in [1.165, 1.54) is 11.3 Å². The monoisotopic (exact) mass is 248 g/mol. The maximum atomic E-state index is 11.9. The van der Waals surface area contributed by atoms with Crippen LogP contribution in [0.2, 0.25) is 0 Å². The van der Waals surface area contributed by atoms with Crippen LogP contribution in [0.25, 0.3) is 0 Å². The Labute approximate surface area is 105 Å². The number of hydrogen-bond donors (Lipinski definition) is 2. The fourth-order valence-corrected chi connectivity index (χ4v) is 2.39. The van der Waals surface area contributed by atoms with Gasteiger partial charge in [-0.15, -0.1) is 11.3 Å². The van der Waals surface area contributed by atoms with E-state index >= 15 is 0 Å². The highest BCUT2D eigenvalue weighted by molar-refractivity contribution is 7.14. The molecule has 1 aromatic rings. The van der Waals surface area contributed by atoms with Crippen LogP contribution in [0.1, 0.15) is 34.8 Å². The van der Waals surface area contributed by atoms with Crippen LogP contribution in [-0.2, 0) is 0 Å². The molecule has 1 unspecified atom stereocenters. The molecule has 0 radical (unpaired) electrons. The molecule has 1 fully saturated rings. The van der Waals surface area contributed by atoms with Crippen molar-refractivity contribution in [2.75, 3.05) is 6.54 Å². The Balaban J connectivity index is 1.98. The van der Waals surface area contributed by atoms with Crippen molar-refractivity contribution in [1.29, 1.82) is 0 Å². The molecule has 0 aromatic carbocycles. The summed E-state index contributed by atoms with van der Waals surface area (Å²) in [6.45, 7) is 4.66. The fourth-order valence-electron chi connectivity index (χ4n) is 1.61. The van der Waals surface area contributed by atoms with Crippen LogP contribution in [-0.4, -0.2) is 18.5 Å². The van der Waals surface area contributed by atoms with Crippen LogP contribution < -0.4 is 11.1 Å². The molecule has 0 aliphatic heterocycles. The number of nitrogens with two attached hydrogens (primary N) is 1. The number of thiophene rings is 1. The minimum Gasteiger partial charge on any atom is -0.348 e. The fraction of sp³-hybridized carbons (Fsp3) is 0.462. The lowest BCUT2D eigenvalue weighted by Gasteiger charge is -2.04. The van der Waals surface area contributed by atoms with Gasteiger partial charge >= 0.3 is 0 Å². The molecule has 0 spiro atoms. The third-order valence-corrected chi connectivity index (χ3v) is 3.96. The van der Waals surface area contributed by atoms with Crippen molar-refractivity contribution in [1.82, 2.24) is 5.32 Å². The summed E-state index contributed by atoms with van der Waals surface area (Å²) in [5, 5.41) is 3.03. The summed E-state index contributed by atoms with van der Waals surface area (Å²) < 4.78 is 0. The Kier molecular flexibility index (Phi) is 3.23. The van der Waals surface area contributed by atoms with E-state index in [2.05, 4.69) is 31.0 Å². The van der Waals surface area contributed by atoms with E-state index in [0.29, 0.717) is 17.5 Å². The van der Waals surface area contributed by atoms with Gasteiger partial charge in [0.15, 0.2) is 0 Å². The SMILES string of the molecule is CC1(C)CC1NC(=O)c1ccc(C#CCN)s1. The molecular formula is C13H16N2OS. The van der Waals surface area contributed by atoms with Crippen LogP contribution in [0.4, 0.5) is 0 Å². The van der Waals surface area contributed by atoms with E-state index in [4.69, 9.17) is 5.73 Å². The molecule has 90 valence electrons. The van der Waals surface area contributed by atoms with Crippen LogP contribution >= 0.6 is 11.3 Å². The molecule has 3 N–H and O–H groups in total. The Bertz CT molecular complexity index is 493. The molecule has 17 heavy (non-hydrogen) atoms. The molecule has 1 aliphatic rings. The maximum absolute atomic E-state index is 11.9. The largest absolute Gasteiger partial charge is 0.348 e. The van der Waals surface area contributed by atoms with E-state index in [0.717, 1.165) is 11.3 Å². The minimum absolute atomic E-state index is 0.00590. The number of carbonyl (C=O) groups is 1. The second kappa shape index (κ2) is 4.52. The molecule has 0 saturated heterocycles. The van der Waals surface area contributed by atoms with Gasteiger partial charge in [0.05, 0.1) is 16.3 Å². The highest BCUT2D eigenvalue weighted by Gasteiger charge is 2.46. The molecule has 1 saturated carbocycles. The maximum Gasteiger partial charge on any atom is 0.261 e. The lowest BCUT2D eigenvalue weighted by Crippen LogP contribution is -2.27. The van der Waals surface area contributed by atoms with Crippen molar-refractivity contribution < 1.29 is 4.79 Å². The van der Waals surface area contributed by atoms with Crippen LogP contribution in [0.3, 0.4) is 0 Å². The zero-order chi connectivity index (χ0) is 12.5. The van der Waals surface area contributed by atoms with Gasteiger partial charge in [0.25, 0.3) is 5.91 Å². The second-order valence-electron chi connectivity index (χ2n) is 4.89. The normalized spacial score (nSPS) is 20.3. The molecule has 1 amide bonds. The molecule has 2 rings (SSSR count). The molecule has 4 heteroatoms. The highest BCUT2D eigenvalue weighted by Crippen LogP contribution is 2.44. The number of carbonyl (C=O) groups excluding carboxylic acids is 1. The van der Waals surface area contributed by atoms with Gasteiger partial charge in [-0.05, 0) is 24.0 Å². The number of nitrogens with one attached hydrogen (secondary N) is 1. The first kappa shape index (κ1) is 12.2. The van der Waals surface area contributed by atoms with Crippen molar-refractivity contribution in [3.63, 3.8) is 0 Å². The van der Waals surface area contributed by atoms with Gasteiger partial charge in [-0.1, -0.05) is 25.7 Å². The number of hydrogen-bond acceptors (Lipinski definition) is 3. The first-order valence-corrected chi connectivity index (χ1v) is 6.44. The van der Waals surface area contributed by atoms with Crippen molar-refractivity contribution in [3.05, 3.63) is 21.9 Å². The summed E-state index contributed by atoms with van der Waals surface area (Å²) in [4.78, 5) is 13.5. The predicted octanol–water partition coefficient (Wildman–Crippen LogP) is 1.59. The molecule has 1 atom stereocenters. The third kappa shape index (κ3) is 2.87. The number of amides is 1. The van der Waals surface area contributed by atoms with Crippen LogP contribution in [0, 0.1) is 17.3 Å². The van der Waals surface area contributed by atoms with Gasteiger partial charge in [0.2, 0.25) is 0 Å². The van der Waals surface area contributed by atoms with Crippen molar-refractivity contribution >= 4 is 17.2 Å². The van der Waals surface area contributed by atoms with E-state index in [1.807, 2.05) is 12.1 Å². The Hall–Kier alpha value is -1.31. The molecule has 3 nitrogen and oxygen atoms in total. The zero-order valence-corrected chi connectivity index (χ0v) is 10.9. The lowest BCUT2D eigenvalue weighted by molar-refractivity contribution is 0.0950. The summed E-state index contributed by atoms with van der Waals surface area (Å²) in [5.41, 5.74) is 5.56. The molecule has 1 heterocycles. The first-order valence-electron chi connectivity index (χ1n) is 5.62. The summed E-state index contributed by atoms with van der Waals surface area (Å²) in [6.07, 6.45) is 1.06. The summed E-state index contributed by atoms with van der Waals surface area (Å²) in [7, 11) is 0. The number of rotatable bonds is 2. The predicted molar refractivity (Wildman–Crippen MR) is 69.9 cm³/mol. The molecular weight excluding hydrogens is 232 g/mol. The summed E-state index contributed by atoms with van der Waals surface area (Å²) in [6, 6.07) is 3.99. The average Bonchev–Trinajstić information content (AvgIpc) is 2.71. The first-order chi connectivity index (χ1) is 8.03. The lowest BCUT2D eigenvalue weighted by atomic mass is 10.2. The standard InChI is InChI=1S/C13H16N2OS/c1-13(2)8-11(13)15-12(16)10-6-5-9(17-10)4-3-7-14/h5-6,11H,7-8,14H2,1-2H3,(H,15,16). The summed E-state index contributed by atoms with van der Waals surface area (Å²) in [5.74, 6) is 5.71. The van der Waals surface area contributed by atoms with Gasteiger partial charge in [-0.25, -0.2) is 0 Å². The Morgan fingerprint density at radius 2 is 2.35 bits per heavy atom. The molecule has 1 aliphatic carbocycles. The second-order valence-corrected chi connectivity index (χ2v) is 5.97. The van der Waals surface area contributed by atoms with E-state index in [1.54, 1.807) is 0 Å². The van der Waals surface area contributed by atoms with Gasteiger partial charge in [0, 0.05) is 6.04 Å². The smallest absolute Gasteiger partial charge is 0.261 e. The van der Waals surface area contributed by atoms with Crippen LogP contribution in [0.15, 0.2) is 12.1 Å².